The zero-order valence-corrected chi connectivity index (χ0v) is 28.1. The van der Waals surface area contributed by atoms with Crippen LogP contribution in [0.4, 0.5) is 4.79 Å². The average Bonchev–Trinajstić information content (AvgIpc) is 3.37. The summed E-state index contributed by atoms with van der Waals surface area (Å²) in [5, 5.41) is 0. The van der Waals surface area contributed by atoms with Crippen molar-refractivity contribution in [3.05, 3.63) is 35.4 Å². The maximum atomic E-state index is 14.0. The lowest BCUT2D eigenvalue weighted by Gasteiger charge is -2.43. The molecule has 2 fully saturated rings. The predicted octanol–water partition coefficient (Wildman–Crippen LogP) is 5.07. The van der Waals surface area contributed by atoms with Crippen LogP contribution < -0.4 is 5.73 Å². The number of hydrogen-bond donors (Lipinski definition) is 1. The number of fused-ring (bicyclic) bond motifs is 1. The van der Waals surface area contributed by atoms with Gasteiger partial charge in [0.1, 0.15) is 17.2 Å². The van der Waals surface area contributed by atoms with Gasteiger partial charge in [0.15, 0.2) is 11.5 Å². The lowest BCUT2D eigenvalue weighted by atomic mass is 9.72. The van der Waals surface area contributed by atoms with E-state index < -0.39 is 52.8 Å². The highest BCUT2D eigenvalue weighted by atomic mass is 16.6. The fourth-order valence-electron chi connectivity index (χ4n) is 6.06. The minimum Gasteiger partial charge on any atom is -0.459 e. The molecule has 1 heterocycles. The van der Waals surface area contributed by atoms with E-state index in [1.165, 1.54) is 7.11 Å². The molecular formula is C35H50N2O8. The summed E-state index contributed by atoms with van der Waals surface area (Å²) in [6.45, 7) is 12.9. The minimum atomic E-state index is -1.26. The zero-order chi connectivity index (χ0) is 33.6. The molecule has 0 aromatic heterocycles. The average molecular weight is 627 g/mol. The largest absolute Gasteiger partial charge is 0.459 e. The maximum Gasteiger partial charge on any atom is 0.409 e. The van der Waals surface area contributed by atoms with Gasteiger partial charge in [0.05, 0.1) is 7.11 Å². The van der Waals surface area contributed by atoms with Crippen molar-refractivity contribution in [1.82, 2.24) is 4.90 Å². The van der Waals surface area contributed by atoms with Gasteiger partial charge in [-0.3, -0.25) is 14.4 Å². The number of nitrogens with two attached hydrogens (primary N) is 1. The molecule has 3 rings (SSSR count). The number of hydrogen-bond acceptors (Lipinski definition) is 9. The second-order valence-electron chi connectivity index (χ2n) is 14.1. The van der Waals surface area contributed by atoms with Gasteiger partial charge in [0.25, 0.3) is 0 Å². The number of methoxy groups -OCH3 is 1. The third kappa shape index (κ3) is 9.95. The van der Waals surface area contributed by atoms with Crippen molar-refractivity contribution in [3.63, 3.8) is 0 Å². The Labute approximate surface area is 267 Å². The van der Waals surface area contributed by atoms with Gasteiger partial charge in [0, 0.05) is 24.1 Å². The molecule has 1 aromatic rings. The van der Waals surface area contributed by atoms with Gasteiger partial charge in [0.2, 0.25) is 0 Å². The fourth-order valence-corrected chi connectivity index (χ4v) is 6.06. The summed E-state index contributed by atoms with van der Waals surface area (Å²) < 4.78 is 22.4. The van der Waals surface area contributed by atoms with Gasteiger partial charge in [-0.15, -0.1) is 0 Å². The number of rotatable bonds is 8. The molecule has 1 aliphatic carbocycles. The Balaban J connectivity index is 1.92. The standard InChI is InChI=1S/C35H50N2O8/c1-23-12-9-13-24(22-23)17-20-35(19-11-16-28-26(35)18-21-37(28)32(41)42-8)45-30(39)25(29(38)43-33(2,3)4)14-10-15-27(36)31(40)44-34(5,6)7/h9,12-13,22,25-28H,10-11,14-16,18-19,21,36H2,1-8H3/t25-,26+,27?,28+,35+/m0/s1. The molecule has 5 atom stereocenters. The summed E-state index contributed by atoms with van der Waals surface area (Å²) in [7, 11) is 1.35. The first-order chi connectivity index (χ1) is 20.9. The van der Waals surface area contributed by atoms with Crippen LogP contribution in [-0.4, -0.2) is 71.4 Å². The van der Waals surface area contributed by atoms with Crippen LogP contribution >= 0.6 is 0 Å². The molecule has 1 aliphatic heterocycles. The summed E-state index contributed by atoms with van der Waals surface area (Å²) in [5.41, 5.74) is 5.13. The van der Waals surface area contributed by atoms with Crippen LogP contribution in [0.2, 0.25) is 0 Å². The number of carbonyl (C=O) groups excluding carboxylic acids is 4. The van der Waals surface area contributed by atoms with Gasteiger partial charge in [-0.25, -0.2) is 4.79 Å². The monoisotopic (exact) mass is 626 g/mol. The predicted molar refractivity (Wildman–Crippen MR) is 169 cm³/mol. The fraction of sp³-hybridized carbons (Fsp3) is 0.657. The van der Waals surface area contributed by atoms with E-state index in [2.05, 4.69) is 11.8 Å². The lowest BCUT2D eigenvalue weighted by molar-refractivity contribution is -0.179. The summed E-state index contributed by atoms with van der Waals surface area (Å²) in [4.78, 5) is 54.2. The van der Waals surface area contributed by atoms with Crippen LogP contribution in [0.5, 0.6) is 0 Å². The normalized spacial score (nSPS) is 22.6. The number of aryl methyl sites for hydroxylation is 1. The molecule has 45 heavy (non-hydrogen) atoms. The molecule has 248 valence electrons. The Hall–Kier alpha value is -3.58. The first-order valence-corrected chi connectivity index (χ1v) is 15.8. The van der Waals surface area contributed by atoms with E-state index in [-0.39, 0.29) is 31.2 Å². The molecule has 1 unspecified atom stereocenters. The van der Waals surface area contributed by atoms with E-state index in [0.717, 1.165) is 17.5 Å². The molecule has 0 spiro atoms. The van der Waals surface area contributed by atoms with Gasteiger partial charge in [-0.05, 0) is 117 Å². The van der Waals surface area contributed by atoms with Crippen molar-refractivity contribution in [2.24, 2.45) is 17.6 Å². The first kappa shape index (κ1) is 35.9. The third-order valence-electron chi connectivity index (χ3n) is 8.01. The molecule has 0 radical (unpaired) electrons. The van der Waals surface area contributed by atoms with Crippen LogP contribution in [-0.2, 0) is 33.3 Å². The highest BCUT2D eigenvalue weighted by Crippen LogP contribution is 2.45. The molecule has 10 heteroatoms. The van der Waals surface area contributed by atoms with Crippen molar-refractivity contribution in [3.8, 4) is 11.8 Å². The molecule has 2 N–H and O–H groups in total. The number of amides is 1. The van der Waals surface area contributed by atoms with Crippen molar-refractivity contribution in [2.45, 2.75) is 122 Å². The molecule has 1 saturated carbocycles. The Morgan fingerprint density at radius 3 is 2.29 bits per heavy atom. The number of likely N-dealkylation sites (tertiary alicyclic amines) is 1. The SMILES string of the molecule is COC(=O)N1CC[C@@H]2[C@H]1CCC[C@]2(C#Cc1cccc(C)c1)OC(=O)[C@@H](CCCC(N)C(=O)OC(C)(C)C)C(=O)OC(C)(C)C. The zero-order valence-electron chi connectivity index (χ0n) is 28.1. The highest BCUT2D eigenvalue weighted by Gasteiger charge is 2.54. The van der Waals surface area contributed by atoms with Gasteiger partial charge >= 0.3 is 24.0 Å². The van der Waals surface area contributed by atoms with Gasteiger partial charge in [-0.1, -0.05) is 18.1 Å². The highest BCUT2D eigenvalue weighted by molar-refractivity contribution is 5.95. The summed E-state index contributed by atoms with van der Waals surface area (Å²) >= 11 is 0. The Kier molecular flexibility index (Phi) is 11.7. The van der Waals surface area contributed by atoms with Crippen molar-refractivity contribution < 1.29 is 38.1 Å². The van der Waals surface area contributed by atoms with Gasteiger partial charge in [-0.2, -0.15) is 0 Å². The second-order valence-corrected chi connectivity index (χ2v) is 14.1. The lowest BCUT2D eigenvalue weighted by Crippen LogP contribution is -2.52. The molecular weight excluding hydrogens is 576 g/mol. The van der Waals surface area contributed by atoms with Crippen molar-refractivity contribution in [1.29, 1.82) is 0 Å². The number of esters is 3. The number of carbonyl (C=O) groups is 4. The molecule has 1 saturated heterocycles. The molecule has 2 aliphatic rings. The maximum absolute atomic E-state index is 14.0. The molecule has 1 aromatic carbocycles. The third-order valence-corrected chi connectivity index (χ3v) is 8.01. The van der Waals surface area contributed by atoms with Crippen molar-refractivity contribution >= 4 is 24.0 Å². The molecule has 1 amide bonds. The quantitative estimate of drug-likeness (QED) is 0.182. The van der Waals surface area contributed by atoms with Gasteiger partial charge < -0.3 is 29.6 Å². The summed E-state index contributed by atoms with van der Waals surface area (Å²) in [5.74, 6) is 2.99. The molecule has 0 bridgehead atoms. The Morgan fingerprint density at radius 1 is 1.00 bits per heavy atom. The van der Waals surface area contributed by atoms with E-state index in [0.29, 0.717) is 25.8 Å². The van der Waals surface area contributed by atoms with E-state index >= 15 is 0 Å². The summed E-state index contributed by atoms with van der Waals surface area (Å²) in [6.07, 6.45) is 2.53. The van der Waals surface area contributed by atoms with Crippen LogP contribution in [0.25, 0.3) is 0 Å². The van der Waals surface area contributed by atoms with E-state index in [4.69, 9.17) is 24.7 Å². The Morgan fingerprint density at radius 2 is 1.67 bits per heavy atom. The first-order valence-electron chi connectivity index (χ1n) is 15.8. The van der Waals surface area contributed by atoms with E-state index in [1.54, 1.807) is 46.4 Å². The number of nitrogens with zero attached hydrogens (tertiary/aromatic N) is 1. The van der Waals surface area contributed by atoms with Crippen molar-refractivity contribution in [2.75, 3.05) is 13.7 Å². The molecule has 10 nitrogen and oxygen atoms in total. The van der Waals surface area contributed by atoms with E-state index in [9.17, 15) is 19.2 Å². The second kappa shape index (κ2) is 14.7. The topological polar surface area (TPSA) is 134 Å². The number of benzene rings is 1. The van der Waals surface area contributed by atoms with Crippen LogP contribution in [0.3, 0.4) is 0 Å². The minimum absolute atomic E-state index is 0.0635. The van der Waals surface area contributed by atoms with Crippen LogP contribution in [0.15, 0.2) is 24.3 Å². The van der Waals surface area contributed by atoms with E-state index in [1.807, 2.05) is 31.2 Å². The summed E-state index contributed by atoms with van der Waals surface area (Å²) in [6, 6.07) is 6.60. The Bertz CT molecular complexity index is 1300. The smallest absolute Gasteiger partial charge is 0.409 e. The number of ether oxygens (including phenoxy) is 4. The van der Waals surface area contributed by atoms with Crippen LogP contribution in [0, 0.1) is 30.6 Å². The van der Waals surface area contributed by atoms with Crippen LogP contribution in [0.1, 0.15) is 97.6 Å².